The molecule has 0 unspecified atom stereocenters. The Morgan fingerprint density at radius 3 is 2.27 bits per heavy atom. The van der Waals surface area contributed by atoms with Gasteiger partial charge in [-0.15, -0.1) is 0 Å². The quantitative estimate of drug-likeness (QED) is 0.556. The second kappa shape index (κ2) is 5.96. The van der Waals surface area contributed by atoms with Gasteiger partial charge >= 0.3 is 7.60 Å². The van der Waals surface area contributed by atoms with Crippen molar-refractivity contribution in [2.45, 2.75) is 32.0 Å². The van der Waals surface area contributed by atoms with Crippen LogP contribution in [0, 0.1) is 0 Å². The van der Waals surface area contributed by atoms with Crippen molar-refractivity contribution >= 4 is 17.4 Å². The highest BCUT2D eigenvalue weighted by atomic mass is 32.2. The van der Waals surface area contributed by atoms with Gasteiger partial charge in [-0.05, 0) is 12.8 Å². The first-order valence-corrected chi connectivity index (χ1v) is 8.20. The van der Waals surface area contributed by atoms with Crippen LogP contribution in [0.1, 0.15) is 26.2 Å². The molecule has 0 aliphatic carbocycles. The van der Waals surface area contributed by atoms with E-state index in [0.717, 1.165) is 6.42 Å². The number of nitrogens with two attached hydrogens (primary N) is 1. The fraction of sp³-hybridized carbons (Fsp3) is 1.00. The average Bonchev–Trinajstić information content (AvgIpc) is 2.09. The van der Waals surface area contributed by atoms with E-state index >= 15 is 0 Å². The summed E-state index contributed by atoms with van der Waals surface area (Å²) in [5.74, 6) is -1.59. The van der Waals surface area contributed by atoms with Crippen molar-refractivity contribution in [3.05, 3.63) is 0 Å². The van der Waals surface area contributed by atoms with Crippen LogP contribution in [0.5, 0.6) is 0 Å². The highest BCUT2D eigenvalue weighted by Gasteiger charge is 2.26. The molecule has 0 rings (SSSR count). The van der Waals surface area contributed by atoms with Gasteiger partial charge in [0.05, 0.1) is 11.5 Å². The summed E-state index contributed by atoms with van der Waals surface area (Å²) in [6, 6.07) is 0. The van der Waals surface area contributed by atoms with Crippen LogP contribution in [0.3, 0.4) is 0 Å². The van der Waals surface area contributed by atoms with Crippen molar-refractivity contribution < 1.29 is 22.8 Å². The van der Waals surface area contributed by atoms with E-state index < -0.39 is 23.2 Å². The van der Waals surface area contributed by atoms with Crippen molar-refractivity contribution in [3.8, 4) is 0 Å². The Bertz CT molecular complexity index is 322. The third-order valence-corrected chi connectivity index (χ3v) is 4.86. The van der Waals surface area contributed by atoms with Crippen molar-refractivity contribution in [3.63, 3.8) is 0 Å². The number of rotatable bonds is 7. The summed E-state index contributed by atoms with van der Waals surface area (Å²) < 4.78 is 33.3. The second-order valence-corrected chi connectivity index (χ2v) is 7.60. The standard InChI is InChI=1S/C7H18NO5PS/c1-2-3-5-15(12,13)6-4-7(8)14(9,10)11/h7H,2-6,8H2,1H3,(H2,9,10,11)/t7-/m0/s1. The zero-order valence-electron chi connectivity index (χ0n) is 8.66. The van der Waals surface area contributed by atoms with E-state index in [2.05, 4.69) is 0 Å². The summed E-state index contributed by atoms with van der Waals surface area (Å²) in [6.45, 7) is 1.87. The number of sulfone groups is 1. The van der Waals surface area contributed by atoms with Gasteiger partial charge < -0.3 is 15.5 Å². The minimum absolute atomic E-state index is 0.0530. The summed E-state index contributed by atoms with van der Waals surface area (Å²) in [5.41, 5.74) is 5.16. The van der Waals surface area contributed by atoms with E-state index in [-0.39, 0.29) is 17.9 Å². The Kier molecular flexibility index (Phi) is 5.98. The third kappa shape index (κ3) is 7.03. The summed E-state index contributed by atoms with van der Waals surface area (Å²) >= 11 is 0. The van der Waals surface area contributed by atoms with Crippen molar-refractivity contribution in [1.29, 1.82) is 0 Å². The molecule has 0 aromatic carbocycles. The van der Waals surface area contributed by atoms with Crippen LogP contribution in [0.2, 0.25) is 0 Å². The van der Waals surface area contributed by atoms with Crippen LogP contribution >= 0.6 is 7.60 Å². The fourth-order valence-corrected chi connectivity index (χ4v) is 3.12. The molecule has 0 saturated carbocycles. The number of hydrogen-bond acceptors (Lipinski definition) is 4. The van der Waals surface area contributed by atoms with Gasteiger partial charge in [-0.25, -0.2) is 8.42 Å². The van der Waals surface area contributed by atoms with E-state index in [4.69, 9.17) is 15.5 Å². The molecule has 0 heterocycles. The molecule has 0 aliphatic heterocycles. The first kappa shape index (κ1) is 15.1. The minimum atomic E-state index is -4.36. The van der Waals surface area contributed by atoms with Gasteiger partial charge in [-0.3, -0.25) is 4.57 Å². The van der Waals surface area contributed by atoms with Gasteiger partial charge in [0.15, 0.2) is 0 Å². The zero-order chi connectivity index (χ0) is 12.1. The first-order valence-electron chi connectivity index (χ1n) is 4.70. The van der Waals surface area contributed by atoms with E-state index in [1.54, 1.807) is 0 Å². The Labute approximate surface area is 89.9 Å². The molecule has 0 aliphatic rings. The molecule has 0 spiro atoms. The monoisotopic (exact) mass is 259 g/mol. The Morgan fingerprint density at radius 2 is 1.87 bits per heavy atom. The van der Waals surface area contributed by atoms with Crippen molar-refractivity contribution in [2.24, 2.45) is 5.73 Å². The second-order valence-electron chi connectivity index (χ2n) is 3.45. The summed E-state index contributed by atoms with van der Waals surface area (Å²) in [6.07, 6.45) is 1.13. The molecule has 0 amide bonds. The highest BCUT2D eigenvalue weighted by molar-refractivity contribution is 7.91. The molecule has 6 nitrogen and oxygen atoms in total. The maximum Gasteiger partial charge on any atom is 0.342 e. The van der Waals surface area contributed by atoms with Crippen molar-refractivity contribution in [1.82, 2.24) is 0 Å². The Morgan fingerprint density at radius 1 is 1.33 bits per heavy atom. The van der Waals surface area contributed by atoms with Crippen LogP contribution in [0.15, 0.2) is 0 Å². The summed E-state index contributed by atoms with van der Waals surface area (Å²) in [5, 5.41) is 0. The molecule has 0 radical (unpaired) electrons. The highest BCUT2D eigenvalue weighted by Crippen LogP contribution is 2.39. The van der Waals surface area contributed by atoms with Gasteiger partial charge in [0.2, 0.25) is 0 Å². The van der Waals surface area contributed by atoms with Gasteiger partial charge in [0.25, 0.3) is 0 Å². The van der Waals surface area contributed by atoms with E-state index in [1.165, 1.54) is 0 Å². The van der Waals surface area contributed by atoms with E-state index in [9.17, 15) is 13.0 Å². The lowest BCUT2D eigenvalue weighted by molar-refractivity contribution is 0.357. The van der Waals surface area contributed by atoms with Gasteiger partial charge in [0, 0.05) is 0 Å². The smallest absolute Gasteiger partial charge is 0.323 e. The lowest BCUT2D eigenvalue weighted by atomic mass is 10.4. The molecular formula is C7H18NO5PS. The van der Waals surface area contributed by atoms with E-state index in [0.29, 0.717) is 6.42 Å². The average molecular weight is 259 g/mol. The maximum absolute atomic E-state index is 11.3. The zero-order valence-corrected chi connectivity index (χ0v) is 10.4. The summed E-state index contributed by atoms with van der Waals surface area (Å²) in [7, 11) is -7.58. The van der Waals surface area contributed by atoms with E-state index in [1.807, 2.05) is 6.92 Å². The number of unbranched alkanes of at least 4 members (excludes halogenated alkanes) is 1. The first-order chi connectivity index (χ1) is 6.69. The molecule has 1 atom stereocenters. The normalized spacial score (nSPS) is 15.2. The fourth-order valence-electron chi connectivity index (χ4n) is 0.935. The van der Waals surface area contributed by atoms with Gasteiger partial charge in [0.1, 0.15) is 15.6 Å². The largest absolute Gasteiger partial charge is 0.342 e. The molecule has 15 heavy (non-hydrogen) atoms. The van der Waals surface area contributed by atoms with Crippen molar-refractivity contribution in [2.75, 3.05) is 11.5 Å². The summed E-state index contributed by atoms with van der Waals surface area (Å²) in [4.78, 5) is 17.3. The molecule has 0 saturated heterocycles. The lowest BCUT2D eigenvalue weighted by Crippen LogP contribution is -2.24. The predicted molar refractivity (Wildman–Crippen MR) is 58.2 cm³/mol. The van der Waals surface area contributed by atoms with Crippen LogP contribution in [-0.2, 0) is 14.4 Å². The Balaban J connectivity index is 4.10. The minimum Gasteiger partial charge on any atom is -0.323 e. The van der Waals surface area contributed by atoms with Gasteiger partial charge in [-0.2, -0.15) is 0 Å². The van der Waals surface area contributed by atoms with Gasteiger partial charge in [-0.1, -0.05) is 13.3 Å². The molecular weight excluding hydrogens is 241 g/mol. The van der Waals surface area contributed by atoms with Crippen LogP contribution in [-0.4, -0.2) is 35.5 Å². The predicted octanol–water partition coefficient (Wildman–Crippen LogP) is 0.0539. The molecule has 0 aromatic rings. The number of hydrogen-bond donors (Lipinski definition) is 3. The topological polar surface area (TPSA) is 118 Å². The third-order valence-electron chi connectivity index (χ3n) is 1.97. The SMILES string of the molecule is CCCCS(=O)(=O)CC[C@@H](N)P(=O)(O)O. The van der Waals surface area contributed by atoms with Crippen LogP contribution in [0.25, 0.3) is 0 Å². The molecule has 0 bridgehead atoms. The molecule has 0 fully saturated rings. The van der Waals surface area contributed by atoms with Crippen LogP contribution in [0.4, 0.5) is 0 Å². The Hall–Kier alpha value is 0.0600. The molecule has 8 heteroatoms. The molecule has 0 aromatic heterocycles. The molecule has 92 valence electrons. The maximum atomic E-state index is 11.3. The molecule has 4 N–H and O–H groups in total. The van der Waals surface area contributed by atoms with Crippen LogP contribution < -0.4 is 5.73 Å². The lowest BCUT2D eigenvalue weighted by Gasteiger charge is -2.12.